The Hall–Kier alpha value is -1.33. The van der Waals surface area contributed by atoms with Gasteiger partial charge in [0, 0.05) is 5.41 Å². The van der Waals surface area contributed by atoms with Crippen LogP contribution >= 0.6 is 0 Å². The molecule has 0 fully saturated rings. The number of aliphatic carboxylic acids is 1. The van der Waals surface area contributed by atoms with E-state index in [-0.39, 0.29) is 6.42 Å². The molecule has 0 spiro atoms. The smallest absolute Gasteiger partial charge is 0.481 e. The first-order valence-corrected chi connectivity index (χ1v) is 5.57. The molecule has 3 N–H and O–H groups in total. The first-order chi connectivity index (χ1) is 7.89. The van der Waals surface area contributed by atoms with Crippen LogP contribution in [0.3, 0.4) is 0 Å². The fraction of sp³-hybridized carbons (Fsp3) is 0.417. The van der Waals surface area contributed by atoms with Crippen molar-refractivity contribution in [3.63, 3.8) is 0 Å². The minimum Gasteiger partial charge on any atom is -0.481 e. The van der Waals surface area contributed by atoms with Crippen LogP contribution in [0, 0.1) is 0 Å². The van der Waals surface area contributed by atoms with E-state index < -0.39 is 18.5 Å². The Kier molecular flexibility index (Phi) is 4.31. The van der Waals surface area contributed by atoms with Gasteiger partial charge in [-0.2, -0.15) is 0 Å². The van der Waals surface area contributed by atoms with Crippen molar-refractivity contribution in [3.05, 3.63) is 29.8 Å². The third-order valence-electron chi connectivity index (χ3n) is 3.20. The van der Waals surface area contributed by atoms with Gasteiger partial charge < -0.3 is 15.2 Å². The zero-order valence-corrected chi connectivity index (χ0v) is 10.1. The first-order valence-electron chi connectivity index (χ1n) is 5.57. The maximum Gasteiger partial charge on any atom is 0.488 e. The molecule has 0 aliphatic rings. The molecule has 92 valence electrons. The molecule has 17 heavy (non-hydrogen) atoms. The van der Waals surface area contributed by atoms with Gasteiger partial charge in [-0.25, -0.2) is 0 Å². The molecular formula is C12H17BO4. The third kappa shape index (κ3) is 3.31. The van der Waals surface area contributed by atoms with Gasteiger partial charge in [0.1, 0.15) is 0 Å². The molecule has 4 nitrogen and oxygen atoms in total. The van der Waals surface area contributed by atoms with Gasteiger partial charge in [0.25, 0.3) is 0 Å². The quantitative estimate of drug-likeness (QED) is 0.651. The second-order valence-corrected chi connectivity index (χ2v) is 4.48. The van der Waals surface area contributed by atoms with E-state index in [9.17, 15) is 4.79 Å². The molecule has 0 aliphatic heterocycles. The number of carbonyl (C=O) groups is 1. The van der Waals surface area contributed by atoms with Crippen molar-refractivity contribution in [1.82, 2.24) is 0 Å². The second-order valence-electron chi connectivity index (χ2n) is 4.48. The summed E-state index contributed by atoms with van der Waals surface area (Å²) < 4.78 is 0. The SMILES string of the molecule is CCC(C)(CC(=O)O)c1cccc(B(O)O)c1. The molecule has 1 rings (SSSR count). The van der Waals surface area contributed by atoms with Crippen molar-refractivity contribution in [3.8, 4) is 0 Å². The third-order valence-corrected chi connectivity index (χ3v) is 3.20. The molecule has 0 amide bonds. The standard InChI is InChI=1S/C12H17BO4/c1-3-12(2,8-11(14)15)9-5-4-6-10(7-9)13(16)17/h4-7,16-17H,3,8H2,1-2H3,(H,14,15). The largest absolute Gasteiger partial charge is 0.488 e. The minimum atomic E-state index is -1.53. The zero-order valence-electron chi connectivity index (χ0n) is 10.1. The van der Waals surface area contributed by atoms with E-state index in [1.165, 1.54) is 0 Å². The minimum absolute atomic E-state index is 0.0223. The molecule has 0 bridgehead atoms. The summed E-state index contributed by atoms with van der Waals surface area (Å²) in [6.45, 7) is 3.79. The van der Waals surface area contributed by atoms with Gasteiger partial charge in [-0.1, -0.05) is 38.1 Å². The fourth-order valence-electron chi connectivity index (χ4n) is 1.84. The van der Waals surface area contributed by atoms with Gasteiger partial charge >= 0.3 is 13.1 Å². The van der Waals surface area contributed by atoms with Crippen molar-refractivity contribution in [2.24, 2.45) is 0 Å². The summed E-state index contributed by atoms with van der Waals surface area (Å²) in [6.07, 6.45) is 0.693. The Labute approximate surface area is 101 Å². The Morgan fingerprint density at radius 1 is 1.41 bits per heavy atom. The van der Waals surface area contributed by atoms with Crippen LogP contribution in [0.25, 0.3) is 0 Å². The van der Waals surface area contributed by atoms with E-state index in [0.29, 0.717) is 11.9 Å². The molecule has 1 aromatic carbocycles. The van der Waals surface area contributed by atoms with E-state index in [1.807, 2.05) is 19.9 Å². The van der Waals surface area contributed by atoms with Gasteiger partial charge in [-0.15, -0.1) is 0 Å². The maximum atomic E-state index is 10.9. The Bertz CT molecular complexity index is 405. The molecule has 0 heterocycles. The molecule has 0 saturated heterocycles. The van der Waals surface area contributed by atoms with Gasteiger partial charge in [-0.3, -0.25) is 4.79 Å². The zero-order chi connectivity index (χ0) is 13.1. The van der Waals surface area contributed by atoms with E-state index in [2.05, 4.69) is 0 Å². The predicted octanol–water partition coefficient (Wildman–Crippen LogP) is 0.509. The number of benzene rings is 1. The summed E-state index contributed by atoms with van der Waals surface area (Å²) in [5.74, 6) is -0.857. The summed E-state index contributed by atoms with van der Waals surface area (Å²) in [6, 6.07) is 6.78. The lowest BCUT2D eigenvalue weighted by Gasteiger charge is -2.27. The molecular weight excluding hydrogens is 219 g/mol. The lowest BCUT2D eigenvalue weighted by atomic mass is 9.72. The van der Waals surface area contributed by atoms with E-state index in [0.717, 1.165) is 5.56 Å². The highest BCUT2D eigenvalue weighted by Crippen LogP contribution is 2.30. The van der Waals surface area contributed by atoms with E-state index in [1.54, 1.807) is 18.2 Å². The first kappa shape index (κ1) is 13.7. The number of carboxylic acid groups (broad SMARTS) is 1. The van der Waals surface area contributed by atoms with Crippen molar-refractivity contribution >= 4 is 18.6 Å². The summed E-state index contributed by atoms with van der Waals surface area (Å²) >= 11 is 0. The van der Waals surface area contributed by atoms with Crippen LogP contribution in [0.15, 0.2) is 24.3 Å². The average molecular weight is 236 g/mol. The Morgan fingerprint density at radius 2 is 2.06 bits per heavy atom. The molecule has 0 aliphatic carbocycles. The summed E-state index contributed by atoms with van der Waals surface area (Å²) in [4.78, 5) is 10.9. The monoisotopic (exact) mass is 236 g/mol. The van der Waals surface area contributed by atoms with Crippen molar-refractivity contribution in [2.45, 2.75) is 32.1 Å². The van der Waals surface area contributed by atoms with Crippen LogP contribution in [0.5, 0.6) is 0 Å². The van der Waals surface area contributed by atoms with Crippen LogP contribution < -0.4 is 5.46 Å². The Balaban J connectivity index is 3.11. The molecule has 1 aromatic rings. The Morgan fingerprint density at radius 3 is 2.53 bits per heavy atom. The highest BCUT2D eigenvalue weighted by atomic mass is 16.4. The topological polar surface area (TPSA) is 77.8 Å². The second kappa shape index (κ2) is 5.34. The highest BCUT2D eigenvalue weighted by Gasteiger charge is 2.28. The van der Waals surface area contributed by atoms with Gasteiger partial charge in [0.05, 0.1) is 6.42 Å². The molecule has 1 atom stereocenters. The lowest BCUT2D eigenvalue weighted by Crippen LogP contribution is -2.32. The van der Waals surface area contributed by atoms with Crippen molar-refractivity contribution in [1.29, 1.82) is 0 Å². The van der Waals surface area contributed by atoms with Crippen LogP contribution in [0.1, 0.15) is 32.3 Å². The number of carboxylic acids is 1. The predicted molar refractivity (Wildman–Crippen MR) is 66.2 cm³/mol. The van der Waals surface area contributed by atoms with Crippen LogP contribution in [-0.4, -0.2) is 28.2 Å². The van der Waals surface area contributed by atoms with Gasteiger partial charge in [-0.05, 0) is 17.4 Å². The van der Waals surface area contributed by atoms with E-state index in [4.69, 9.17) is 15.2 Å². The molecule has 1 unspecified atom stereocenters. The number of hydrogen-bond acceptors (Lipinski definition) is 3. The molecule has 0 radical (unpaired) electrons. The lowest BCUT2D eigenvalue weighted by molar-refractivity contribution is -0.138. The molecule has 0 saturated carbocycles. The summed E-state index contributed by atoms with van der Waals surface area (Å²) in [5, 5.41) is 27.1. The number of rotatable bonds is 5. The van der Waals surface area contributed by atoms with Gasteiger partial charge in [0.15, 0.2) is 0 Å². The summed E-state index contributed by atoms with van der Waals surface area (Å²) in [5.41, 5.74) is 0.706. The maximum absolute atomic E-state index is 10.9. The fourth-order valence-corrected chi connectivity index (χ4v) is 1.84. The number of hydrogen-bond donors (Lipinski definition) is 3. The van der Waals surface area contributed by atoms with Crippen molar-refractivity contribution in [2.75, 3.05) is 0 Å². The van der Waals surface area contributed by atoms with Crippen LogP contribution in [-0.2, 0) is 10.2 Å². The van der Waals surface area contributed by atoms with Crippen LogP contribution in [0.2, 0.25) is 0 Å². The summed E-state index contributed by atoms with van der Waals surface area (Å²) in [7, 11) is -1.53. The normalized spacial score (nSPS) is 14.1. The highest BCUT2D eigenvalue weighted by molar-refractivity contribution is 6.58. The van der Waals surface area contributed by atoms with Crippen LogP contribution in [0.4, 0.5) is 0 Å². The van der Waals surface area contributed by atoms with Crippen molar-refractivity contribution < 1.29 is 19.9 Å². The van der Waals surface area contributed by atoms with Gasteiger partial charge in [0.2, 0.25) is 0 Å². The molecule has 0 aromatic heterocycles. The van der Waals surface area contributed by atoms with E-state index >= 15 is 0 Å². The molecule has 5 heteroatoms. The average Bonchev–Trinajstić information content (AvgIpc) is 2.28.